The Balaban J connectivity index is 1.84. The van der Waals surface area contributed by atoms with Gasteiger partial charge in [-0.3, -0.25) is 9.59 Å². The molecule has 25 heavy (non-hydrogen) atoms. The summed E-state index contributed by atoms with van der Waals surface area (Å²) >= 11 is 18.6. The first-order chi connectivity index (χ1) is 11.8. The van der Waals surface area contributed by atoms with E-state index in [0.717, 1.165) is 36.5 Å². The number of carbonyl (C=O) groups excluding carboxylic acids is 1. The molecule has 1 aromatic rings. The van der Waals surface area contributed by atoms with Crippen LogP contribution in [-0.2, 0) is 11.3 Å². The number of alkyl halides is 3. The zero-order chi connectivity index (χ0) is 18.2. The number of amides is 1. The molecule has 4 atom stereocenters. The van der Waals surface area contributed by atoms with Crippen LogP contribution in [0.15, 0.2) is 23.0 Å². The molecule has 0 radical (unpaired) electrons. The number of nitrogens with one attached hydrogen (secondary N) is 2. The number of quaternary nitrogens is 1. The number of nitrogens with zero attached hydrogens (tertiary/aromatic N) is 1. The number of fused-ring (bicyclic) bond motifs is 4. The number of pyridine rings is 1. The van der Waals surface area contributed by atoms with Crippen molar-refractivity contribution in [1.29, 1.82) is 0 Å². The number of hydrogen-bond donors (Lipinski definition) is 2. The molecule has 0 aliphatic carbocycles. The Morgan fingerprint density at radius 2 is 2.16 bits per heavy atom. The molecule has 8 heteroatoms. The topological polar surface area (TPSA) is 55.5 Å². The Morgan fingerprint density at radius 1 is 1.40 bits per heavy atom. The molecule has 3 heterocycles. The predicted molar refractivity (Wildman–Crippen MR) is 99.4 cm³/mol. The molecule has 0 spiro atoms. The van der Waals surface area contributed by atoms with E-state index in [2.05, 4.69) is 5.32 Å². The maximum Gasteiger partial charge on any atom is 0.262 e. The van der Waals surface area contributed by atoms with E-state index in [1.54, 1.807) is 12.1 Å². The fourth-order valence-corrected chi connectivity index (χ4v) is 4.79. The second-order valence-electron chi connectivity index (χ2n) is 7.06. The van der Waals surface area contributed by atoms with Crippen molar-refractivity contribution in [3.63, 3.8) is 0 Å². The maximum absolute atomic E-state index is 12.1. The molecule has 2 aliphatic heterocycles. The van der Waals surface area contributed by atoms with Gasteiger partial charge < -0.3 is 14.8 Å². The van der Waals surface area contributed by atoms with Crippen LogP contribution in [0.2, 0.25) is 0 Å². The van der Waals surface area contributed by atoms with Gasteiger partial charge in [-0.1, -0.05) is 47.8 Å². The molecule has 2 N–H and O–H groups in total. The van der Waals surface area contributed by atoms with Gasteiger partial charge >= 0.3 is 0 Å². The Morgan fingerprint density at radius 3 is 2.84 bits per heavy atom. The maximum atomic E-state index is 12.1. The summed E-state index contributed by atoms with van der Waals surface area (Å²) in [5, 5.41) is 2.91. The zero-order valence-electron chi connectivity index (χ0n) is 14.1. The first-order valence-corrected chi connectivity index (χ1v) is 9.83. The third kappa shape index (κ3) is 4.16. The van der Waals surface area contributed by atoms with Crippen molar-refractivity contribution in [3.8, 4) is 0 Å². The molecule has 1 aromatic heterocycles. The molecule has 2 bridgehead atoms. The molecule has 138 valence electrons. The van der Waals surface area contributed by atoms with Crippen molar-refractivity contribution in [1.82, 2.24) is 9.88 Å². The molecule has 5 nitrogen and oxygen atoms in total. The van der Waals surface area contributed by atoms with Gasteiger partial charge in [0, 0.05) is 36.6 Å². The number of hydrogen-bond acceptors (Lipinski definition) is 2. The highest BCUT2D eigenvalue weighted by Gasteiger charge is 2.47. The lowest BCUT2D eigenvalue weighted by molar-refractivity contribution is -0.937. The molecule has 0 saturated carbocycles. The van der Waals surface area contributed by atoms with Gasteiger partial charge in [-0.15, -0.1) is 0 Å². The average molecular weight is 408 g/mol. The van der Waals surface area contributed by atoms with Crippen LogP contribution in [0.1, 0.15) is 37.8 Å². The smallest absolute Gasteiger partial charge is 0.262 e. The summed E-state index contributed by atoms with van der Waals surface area (Å²) in [6.07, 6.45) is 1.59. The van der Waals surface area contributed by atoms with Crippen molar-refractivity contribution < 1.29 is 9.69 Å². The Kier molecular flexibility index (Phi) is 5.69. The van der Waals surface area contributed by atoms with Gasteiger partial charge in [-0.2, -0.15) is 0 Å². The number of carbonyl (C=O) groups is 1. The average Bonchev–Trinajstić information content (AvgIpc) is 2.53. The minimum absolute atomic E-state index is 0.0461. The quantitative estimate of drug-likeness (QED) is 0.743. The van der Waals surface area contributed by atoms with E-state index < -0.39 is 9.96 Å². The lowest BCUT2D eigenvalue weighted by Crippen LogP contribution is -3.21. The molecule has 2 aliphatic rings. The monoisotopic (exact) mass is 406 g/mol. The molecule has 1 saturated heterocycles. The fraction of sp³-hybridized carbons (Fsp3) is 0.647. The second-order valence-corrected chi connectivity index (χ2v) is 9.43. The van der Waals surface area contributed by atoms with Crippen LogP contribution in [0.25, 0.3) is 0 Å². The molecule has 1 fully saturated rings. The van der Waals surface area contributed by atoms with Gasteiger partial charge in [-0.05, 0) is 18.9 Å². The highest BCUT2D eigenvalue weighted by Crippen LogP contribution is 2.32. The fourth-order valence-electron chi connectivity index (χ4n) is 4.16. The van der Waals surface area contributed by atoms with Crippen LogP contribution >= 0.6 is 34.8 Å². The zero-order valence-corrected chi connectivity index (χ0v) is 16.4. The minimum atomic E-state index is -1.58. The van der Waals surface area contributed by atoms with Crippen molar-refractivity contribution in [3.05, 3.63) is 34.2 Å². The number of halogens is 3. The van der Waals surface area contributed by atoms with E-state index in [1.165, 1.54) is 0 Å². The van der Waals surface area contributed by atoms with Gasteiger partial charge in [0.25, 0.3) is 9.35 Å². The van der Waals surface area contributed by atoms with E-state index in [9.17, 15) is 9.59 Å². The van der Waals surface area contributed by atoms with E-state index in [-0.39, 0.29) is 17.4 Å². The molecule has 0 aromatic carbocycles. The largest absolute Gasteiger partial charge is 0.312 e. The molecular weight excluding hydrogens is 385 g/mol. The third-order valence-corrected chi connectivity index (χ3v) is 5.79. The van der Waals surface area contributed by atoms with Gasteiger partial charge in [0.15, 0.2) is 0 Å². The van der Waals surface area contributed by atoms with E-state index in [4.69, 9.17) is 34.8 Å². The van der Waals surface area contributed by atoms with Gasteiger partial charge in [-0.25, -0.2) is 0 Å². The van der Waals surface area contributed by atoms with Gasteiger partial charge in [0.05, 0.1) is 13.1 Å². The summed E-state index contributed by atoms with van der Waals surface area (Å²) in [5.41, 5.74) is 1.09. The first kappa shape index (κ1) is 19.0. The third-order valence-electron chi connectivity index (χ3n) is 5.14. The van der Waals surface area contributed by atoms with Crippen LogP contribution in [0.5, 0.6) is 0 Å². The van der Waals surface area contributed by atoms with Gasteiger partial charge in [0.2, 0.25) is 12.1 Å². The summed E-state index contributed by atoms with van der Waals surface area (Å²) in [7, 11) is 0. The first-order valence-electron chi connectivity index (χ1n) is 8.70. The molecule has 1 unspecified atom stereocenters. The van der Waals surface area contributed by atoms with E-state index in [1.807, 2.05) is 17.6 Å². The number of likely N-dealkylation sites (tertiary alicyclic amines) is 1. The highest BCUT2D eigenvalue weighted by atomic mass is 35.6. The van der Waals surface area contributed by atoms with Crippen LogP contribution in [-0.4, -0.2) is 33.5 Å². The van der Waals surface area contributed by atoms with E-state index in [0.29, 0.717) is 18.9 Å². The number of piperidine rings is 1. The lowest BCUT2D eigenvalue weighted by atomic mass is 9.83. The van der Waals surface area contributed by atoms with Crippen molar-refractivity contribution in [2.45, 2.75) is 48.6 Å². The summed E-state index contributed by atoms with van der Waals surface area (Å²) in [4.78, 5) is 25.3. The minimum Gasteiger partial charge on any atom is -0.312 e. The van der Waals surface area contributed by atoms with Crippen LogP contribution in [0.3, 0.4) is 0 Å². The summed E-state index contributed by atoms with van der Waals surface area (Å²) < 4.78 is 0.288. The van der Waals surface area contributed by atoms with Crippen LogP contribution in [0.4, 0.5) is 0 Å². The molecule has 3 rings (SSSR count). The second kappa shape index (κ2) is 7.47. The standard InChI is InChI=1S/C17H22Cl3N3O2/c1-2-4-14(24)21-16(17(18,19)20)22-8-11-7-12(10-22)13-5-3-6-15(25)23(13)9-11/h3,5-6,11-12,16H,2,4,7-10H2,1H3,(H,21,24)/p+1/t11-,12+,16-/m0/s1. The summed E-state index contributed by atoms with van der Waals surface area (Å²) in [6, 6.07) is 5.41. The highest BCUT2D eigenvalue weighted by molar-refractivity contribution is 6.68. The van der Waals surface area contributed by atoms with Crippen molar-refractivity contribution >= 4 is 40.7 Å². The van der Waals surface area contributed by atoms with Crippen LogP contribution < -0.4 is 15.8 Å². The molecular formula is C17H23Cl3N3O2+. The van der Waals surface area contributed by atoms with Crippen molar-refractivity contribution in [2.24, 2.45) is 5.92 Å². The van der Waals surface area contributed by atoms with Crippen LogP contribution in [0, 0.1) is 5.92 Å². The number of aromatic nitrogens is 1. The normalized spacial score (nSPS) is 26.6. The Hall–Kier alpha value is -0.750. The van der Waals surface area contributed by atoms with Gasteiger partial charge in [0.1, 0.15) is 0 Å². The Bertz CT molecular complexity index is 701. The number of rotatable bonds is 4. The Labute approximate surface area is 162 Å². The summed E-state index contributed by atoms with van der Waals surface area (Å²) in [6.45, 7) is 4.12. The molecule has 1 amide bonds. The van der Waals surface area contributed by atoms with E-state index >= 15 is 0 Å². The predicted octanol–water partition coefficient (Wildman–Crippen LogP) is 1.46. The lowest BCUT2D eigenvalue weighted by Gasteiger charge is -2.44. The summed E-state index contributed by atoms with van der Waals surface area (Å²) in [5.74, 6) is 0.465. The SMILES string of the molecule is CCCC(=O)N[C@@H]([NH+]1C[C@@H]2C[C@H](C1)c1cccc(=O)n1C2)C(Cl)(Cl)Cl. The van der Waals surface area contributed by atoms with Crippen molar-refractivity contribution in [2.75, 3.05) is 13.1 Å².